The highest BCUT2D eigenvalue weighted by Crippen LogP contribution is 2.09. The highest BCUT2D eigenvalue weighted by Gasteiger charge is 2.08. The second-order valence-corrected chi connectivity index (χ2v) is 4.37. The molecule has 6 heteroatoms. The number of rotatable bonds is 4. The molecule has 6 nitrogen and oxygen atoms in total. The lowest BCUT2D eigenvalue weighted by Gasteiger charge is -2.13. The Morgan fingerprint density at radius 2 is 2.21 bits per heavy atom. The van der Waals surface area contributed by atoms with Crippen molar-refractivity contribution in [2.24, 2.45) is 0 Å². The fourth-order valence-corrected chi connectivity index (χ4v) is 1.58. The minimum atomic E-state index is -0.203. The van der Waals surface area contributed by atoms with Gasteiger partial charge in [0, 0.05) is 25.9 Å². The number of amides is 1. The molecule has 0 spiro atoms. The molecule has 2 aromatic rings. The summed E-state index contributed by atoms with van der Waals surface area (Å²) in [7, 11) is 3.82. The standard InChI is InChI=1S/C13H16N4O2/c1-9-6-12(17(2)3)16-11(15-9)7-14-13(18)10-4-5-19-8-10/h4-6,8H,7H2,1-3H3,(H,14,18). The molecule has 100 valence electrons. The van der Waals surface area contributed by atoms with Crippen LogP contribution in [-0.4, -0.2) is 30.0 Å². The van der Waals surface area contributed by atoms with Gasteiger partial charge in [-0.25, -0.2) is 9.97 Å². The van der Waals surface area contributed by atoms with E-state index in [1.54, 1.807) is 6.07 Å². The van der Waals surface area contributed by atoms with Crippen molar-refractivity contribution in [3.63, 3.8) is 0 Å². The normalized spacial score (nSPS) is 10.3. The van der Waals surface area contributed by atoms with E-state index >= 15 is 0 Å². The van der Waals surface area contributed by atoms with Crippen LogP contribution in [0.4, 0.5) is 5.82 Å². The third-order valence-electron chi connectivity index (χ3n) is 2.54. The van der Waals surface area contributed by atoms with Crippen LogP contribution < -0.4 is 10.2 Å². The summed E-state index contributed by atoms with van der Waals surface area (Å²) in [6.45, 7) is 2.18. The van der Waals surface area contributed by atoms with Crippen LogP contribution >= 0.6 is 0 Å². The van der Waals surface area contributed by atoms with Gasteiger partial charge in [0.1, 0.15) is 17.9 Å². The first-order valence-electron chi connectivity index (χ1n) is 5.88. The van der Waals surface area contributed by atoms with Gasteiger partial charge in [0.15, 0.2) is 0 Å². The van der Waals surface area contributed by atoms with Crippen LogP contribution in [0.5, 0.6) is 0 Å². The number of aryl methyl sites for hydroxylation is 1. The summed E-state index contributed by atoms with van der Waals surface area (Å²) >= 11 is 0. The van der Waals surface area contributed by atoms with E-state index in [0.29, 0.717) is 11.4 Å². The Balaban J connectivity index is 2.05. The number of carbonyl (C=O) groups excluding carboxylic acids is 1. The average molecular weight is 260 g/mol. The molecule has 19 heavy (non-hydrogen) atoms. The first-order valence-corrected chi connectivity index (χ1v) is 5.88. The molecule has 0 aliphatic heterocycles. The smallest absolute Gasteiger partial charge is 0.254 e. The van der Waals surface area contributed by atoms with E-state index in [2.05, 4.69) is 15.3 Å². The molecule has 0 bridgehead atoms. The van der Waals surface area contributed by atoms with Gasteiger partial charge in [-0.3, -0.25) is 4.79 Å². The zero-order chi connectivity index (χ0) is 13.8. The third-order valence-corrected chi connectivity index (χ3v) is 2.54. The van der Waals surface area contributed by atoms with E-state index in [0.717, 1.165) is 11.5 Å². The van der Waals surface area contributed by atoms with Crippen LogP contribution in [0, 0.1) is 6.92 Å². The topological polar surface area (TPSA) is 71.3 Å². The number of hydrogen-bond acceptors (Lipinski definition) is 5. The van der Waals surface area contributed by atoms with Gasteiger partial charge in [-0.05, 0) is 13.0 Å². The Morgan fingerprint density at radius 1 is 1.42 bits per heavy atom. The number of nitrogens with zero attached hydrogens (tertiary/aromatic N) is 3. The molecule has 2 aromatic heterocycles. The molecule has 0 aromatic carbocycles. The first-order chi connectivity index (χ1) is 9.06. The molecule has 0 aliphatic rings. The Kier molecular flexibility index (Phi) is 3.79. The molecule has 0 saturated heterocycles. The number of anilines is 1. The van der Waals surface area contributed by atoms with Crippen molar-refractivity contribution in [1.82, 2.24) is 15.3 Å². The van der Waals surface area contributed by atoms with E-state index in [4.69, 9.17) is 4.42 Å². The lowest BCUT2D eigenvalue weighted by Crippen LogP contribution is -2.24. The summed E-state index contributed by atoms with van der Waals surface area (Å²) < 4.78 is 4.86. The second-order valence-electron chi connectivity index (χ2n) is 4.37. The highest BCUT2D eigenvalue weighted by atomic mass is 16.3. The molecular formula is C13H16N4O2. The van der Waals surface area contributed by atoms with E-state index in [9.17, 15) is 4.79 Å². The Bertz CT molecular complexity index is 564. The SMILES string of the molecule is Cc1cc(N(C)C)nc(CNC(=O)c2ccoc2)n1. The van der Waals surface area contributed by atoms with Gasteiger partial charge in [0.05, 0.1) is 18.4 Å². The molecule has 0 fully saturated rings. The fraction of sp³-hybridized carbons (Fsp3) is 0.308. The average Bonchev–Trinajstić information content (AvgIpc) is 2.89. The number of hydrogen-bond donors (Lipinski definition) is 1. The molecule has 0 radical (unpaired) electrons. The van der Waals surface area contributed by atoms with Gasteiger partial charge < -0.3 is 14.6 Å². The number of aromatic nitrogens is 2. The van der Waals surface area contributed by atoms with E-state index in [1.165, 1.54) is 12.5 Å². The van der Waals surface area contributed by atoms with E-state index in [-0.39, 0.29) is 12.5 Å². The van der Waals surface area contributed by atoms with Crippen molar-refractivity contribution in [2.75, 3.05) is 19.0 Å². The van der Waals surface area contributed by atoms with Gasteiger partial charge in [0.2, 0.25) is 0 Å². The van der Waals surface area contributed by atoms with Gasteiger partial charge in [-0.15, -0.1) is 0 Å². The Hall–Kier alpha value is -2.37. The monoisotopic (exact) mass is 260 g/mol. The maximum absolute atomic E-state index is 11.7. The predicted molar refractivity (Wildman–Crippen MR) is 71.0 cm³/mol. The number of furan rings is 1. The summed E-state index contributed by atoms with van der Waals surface area (Å²) in [5.74, 6) is 1.20. The molecule has 2 rings (SSSR count). The zero-order valence-corrected chi connectivity index (χ0v) is 11.2. The van der Waals surface area contributed by atoms with Gasteiger partial charge in [0.25, 0.3) is 5.91 Å². The minimum absolute atomic E-state index is 0.203. The van der Waals surface area contributed by atoms with Crippen molar-refractivity contribution >= 4 is 11.7 Å². The number of carbonyl (C=O) groups is 1. The van der Waals surface area contributed by atoms with Crippen LogP contribution in [0.15, 0.2) is 29.1 Å². The molecule has 0 unspecified atom stereocenters. The summed E-state index contributed by atoms with van der Waals surface area (Å²) in [5.41, 5.74) is 1.35. The minimum Gasteiger partial charge on any atom is -0.472 e. The summed E-state index contributed by atoms with van der Waals surface area (Å²) in [6, 6.07) is 3.50. The fourth-order valence-electron chi connectivity index (χ4n) is 1.58. The summed E-state index contributed by atoms with van der Waals surface area (Å²) in [5, 5.41) is 2.75. The van der Waals surface area contributed by atoms with Crippen LogP contribution in [0.25, 0.3) is 0 Å². The summed E-state index contributed by atoms with van der Waals surface area (Å²) in [6.07, 6.45) is 2.86. The lowest BCUT2D eigenvalue weighted by atomic mass is 10.3. The van der Waals surface area contributed by atoms with Crippen LogP contribution in [0.3, 0.4) is 0 Å². The van der Waals surface area contributed by atoms with Gasteiger partial charge in [-0.2, -0.15) is 0 Å². The van der Waals surface area contributed by atoms with Crippen molar-refractivity contribution in [3.8, 4) is 0 Å². The Morgan fingerprint density at radius 3 is 2.84 bits per heavy atom. The second kappa shape index (κ2) is 5.51. The van der Waals surface area contributed by atoms with Crippen LogP contribution in [0.1, 0.15) is 21.9 Å². The van der Waals surface area contributed by atoms with Crippen LogP contribution in [-0.2, 0) is 6.54 Å². The van der Waals surface area contributed by atoms with Crippen molar-refractivity contribution in [2.45, 2.75) is 13.5 Å². The van der Waals surface area contributed by atoms with Gasteiger partial charge in [-0.1, -0.05) is 0 Å². The van der Waals surface area contributed by atoms with E-state index < -0.39 is 0 Å². The van der Waals surface area contributed by atoms with Crippen LogP contribution in [0.2, 0.25) is 0 Å². The molecule has 0 saturated carbocycles. The van der Waals surface area contributed by atoms with Crippen molar-refractivity contribution in [1.29, 1.82) is 0 Å². The maximum atomic E-state index is 11.7. The number of nitrogens with one attached hydrogen (secondary N) is 1. The van der Waals surface area contributed by atoms with E-state index in [1.807, 2.05) is 32.0 Å². The lowest BCUT2D eigenvalue weighted by molar-refractivity contribution is 0.0949. The molecule has 1 N–H and O–H groups in total. The van der Waals surface area contributed by atoms with Crippen molar-refractivity contribution in [3.05, 3.63) is 41.7 Å². The first kappa shape index (κ1) is 13.1. The maximum Gasteiger partial charge on any atom is 0.254 e. The Labute approximate surface area is 111 Å². The van der Waals surface area contributed by atoms with Gasteiger partial charge >= 0.3 is 0 Å². The molecule has 2 heterocycles. The molecule has 0 atom stereocenters. The molecule has 1 amide bonds. The van der Waals surface area contributed by atoms with Crippen molar-refractivity contribution < 1.29 is 9.21 Å². The zero-order valence-electron chi connectivity index (χ0n) is 11.2. The molecule has 0 aliphatic carbocycles. The molecular weight excluding hydrogens is 244 g/mol. The highest BCUT2D eigenvalue weighted by molar-refractivity contribution is 5.93. The predicted octanol–water partition coefficient (Wildman–Crippen LogP) is 1.37. The summed E-state index contributed by atoms with van der Waals surface area (Å²) in [4.78, 5) is 22.3. The third kappa shape index (κ3) is 3.31. The largest absolute Gasteiger partial charge is 0.472 e. The quantitative estimate of drug-likeness (QED) is 0.899.